The number of amides is 2. The summed E-state index contributed by atoms with van der Waals surface area (Å²) in [5.74, 6) is -0.361. The molecule has 4 heteroatoms. The summed E-state index contributed by atoms with van der Waals surface area (Å²) in [7, 11) is 0. The first-order chi connectivity index (χ1) is 19.4. The van der Waals surface area contributed by atoms with E-state index in [4.69, 9.17) is 0 Å². The molecule has 4 nitrogen and oxygen atoms in total. The van der Waals surface area contributed by atoms with Gasteiger partial charge in [-0.15, -0.1) is 0 Å². The zero-order valence-electron chi connectivity index (χ0n) is 23.1. The number of imide groups is 1. The maximum absolute atomic E-state index is 14.2. The van der Waals surface area contributed by atoms with Gasteiger partial charge in [0, 0.05) is 16.3 Å². The number of fused-ring (bicyclic) bond motifs is 3. The van der Waals surface area contributed by atoms with E-state index in [1.165, 1.54) is 27.2 Å². The summed E-state index contributed by atoms with van der Waals surface area (Å²) < 4.78 is 2.20. The van der Waals surface area contributed by atoms with Gasteiger partial charge in [0.05, 0.1) is 28.0 Å². The highest BCUT2D eigenvalue weighted by Crippen LogP contribution is 2.41. The van der Waals surface area contributed by atoms with Crippen molar-refractivity contribution in [2.24, 2.45) is 0 Å². The van der Waals surface area contributed by atoms with Crippen LogP contribution in [0.15, 0.2) is 103 Å². The van der Waals surface area contributed by atoms with Gasteiger partial charge in [0.2, 0.25) is 6.41 Å². The first-order valence-corrected chi connectivity index (χ1v) is 13.4. The molecule has 0 aliphatic heterocycles. The first-order valence-electron chi connectivity index (χ1n) is 13.4. The molecular formula is C36H30N2O2. The molecule has 1 heterocycles. The van der Waals surface area contributed by atoms with E-state index in [1.807, 2.05) is 55.5 Å². The molecule has 196 valence electrons. The Hall–Kier alpha value is -4.96. The van der Waals surface area contributed by atoms with Gasteiger partial charge in [-0.1, -0.05) is 84.4 Å². The van der Waals surface area contributed by atoms with Crippen molar-refractivity contribution in [3.05, 3.63) is 131 Å². The number of aryl methyl sites for hydroxylation is 4. The summed E-state index contributed by atoms with van der Waals surface area (Å²) in [4.78, 5) is 27.7. The van der Waals surface area contributed by atoms with Crippen LogP contribution in [0.1, 0.15) is 32.6 Å². The summed E-state index contributed by atoms with van der Waals surface area (Å²) >= 11 is 0. The van der Waals surface area contributed by atoms with Crippen molar-refractivity contribution in [3.63, 3.8) is 0 Å². The molecule has 0 atom stereocenters. The summed E-state index contributed by atoms with van der Waals surface area (Å²) in [6.07, 6.45) is 0.601. The second-order valence-electron chi connectivity index (χ2n) is 10.4. The Kier molecular flexibility index (Phi) is 6.31. The Morgan fingerprint density at radius 1 is 0.700 bits per heavy atom. The zero-order chi connectivity index (χ0) is 28.0. The highest BCUT2D eigenvalue weighted by Gasteiger charge is 2.26. The number of carbonyl (C=O) groups excluding carboxylic acids is 2. The molecule has 0 spiro atoms. The summed E-state index contributed by atoms with van der Waals surface area (Å²) in [6.45, 7) is 8.36. The number of carbonyl (C=O) groups is 2. The van der Waals surface area contributed by atoms with Gasteiger partial charge in [-0.3, -0.25) is 9.59 Å². The largest absolute Gasteiger partial charge is 0.308 e. The van der Waals surface area contributed by atoms with E-state index in [-0.39, 0.29) is 5.91 Å². The molecule has 6 aromatic rings. The van der Waals surface area contributed by atoms with E-state index in [9.17, 15) is 9.59 Å². The molecule has 0 unspecified atom stereocenters. The maximum Gasteiger partial charge on any atom is 0.267 e. The van der Waals surface area contributed by atoms with Gasteiger partial charge in [-0.05, 0) is 74.2 Å². The fraction of sp³-hybridized carbons (Fsp3) is 0.111. The number of aromatic nitrogens is 1. The SMILES string of the molecule is Cc1cc(C)c(-c2cccc3c4ccccc4n(-c4cccc(C)c4C(=O)N(C=O)c4ccccc4)c23)c(C)c1. The molecule has 0 aliphatic rings. The van der Waals surface area contributed by atoms with Crippen LogP contribution in [-0.4, -0.2) is 16.9 Å². The lowest BCUT2D eigenvalue weighted by atomic mass is 9.92. The van der Waals surface area contributed by atoms with Gasteiger partial charge < -0.3 is 4.57 Å². The lowest BCUT2D eigenvalue weighted by Crippen LogP contribution is -2.31. The van der Waals surface area contributed by atoms with Gasteiger partial charge in [0.25, 0.3) is 5.91 Å². The van der Waals surface area contributed by atoms with Crippen LogP contribution in [0.25, 0.3) is 38.6 Å². The fourth-order valence-corrected chi connectivity index (χ4v) is 6.13. The van der Waals surface area contributed by atoms with Crippen LogP contribution in [0.2, 0.25) is 0 Å². The van der Waals surface area contributed by atoms with Crippen LogP contribution in [-0.2, 0) is 4.79 Å². The van der Waals surface area contributed by atoms with Crippen molar-refractivity contribution in [1.82, 2.24) is 4.57 Å². The van der Waals surface area contributed by atoms with Crippen LogP contribution in [0.5, 0.6) is 0 Å². The monoisotopic (exact) mass is 522 g/mol. The zero-order valence-corrected chi connectivity index (χ0v) is 23.1. The summed E-state index contributed by atoms with van der Waals surface area (Å²) in [5, 5.41) is 2.22. The van der Waals surface area contributed by atoms with Crippen molar-refractivity contribution in [2.45, 2.75) is 27.7 Å². The number of rotatable bonds is 5. The van der Waals surface area contributed by atoms with E-state index < -0.39 is 0 Å². The predicted octanol–water partition coefficient (Wildman–Crippen LogP) is 8.49. The first kappa shape index (κ1) is 25.3. The van der Waals surface area contributed by atoms with Gasteiger partial charge in [-0.2, -0.15) is 0 Å². The van der Waals surface area contributed by atoms with Crippen LogP contribution in [0.3, 0.4) is 0 Å². The van der Waals surface area contributed by atoms with Crippen molar-refractivity contribution in [1.29, 1.82) is 0 Å². The maximum atomic E-state index is 14.2. The summed E-state index contributed by atoms with van der Waals surface area (Å²) in [6, 6.07) is 34.1. The van der Waals surface area contributed by atoms with E-state index in [1.54, 1.807) is 12.1 Å². The molecular weight excluding hydrogens is 492 g/mol. The van der Waals surface area contributed by atoms with E-state index in [2.05, 4.69) is 67.8 Å². The average molecular weight is 523 g/mol. The van der Waals surface area contributed by atoms with E-state index in [0.717, 1.165) is 38.6 Å². The molecule has 40 heavy (non-hydrogen) atoms. The van der Waals surface area contributed by atoms with Crippen LogP contribution in [0.4, 0.5) is 5.69 Å². The number of para-hydroxylation sites is 3. The minimum absolute atomic E-state index is 0.361. The van der Waals surface area contributed by atoms with Crippen molar-refractivity contribution >= 4 is 39.8 Å². The number of anilines is 1. The molecule has 0 aliphatic carbocycles. The van der Waals surface area contributed by atoms with Crippen molar-refractivity contribution in [3.8, 4) is 16.8 Å². The lowest BCUT2D eigenvalue weighted by molar-refractivity contribution is -0.106. The minimum Gasteiger partial charge on any atom is -0.308 e. The lowest BCUT2D eigenvalue weighted by Gasteiger charge is -2.21. The molecule has 0 N–H and O–H groups in total. The second-order valence-corrected chi connectivity index (χ2v) is 10.4. The molecule has 5 aromatic carbocycles. The van der Waals surface area contributed by atoms with Gasteiger partial charge in [0.15, 0.2) is 0 Å². The summed E-state index contributed by atoms with van der Waals surface area (Å²) in [5.41, 5.74) is 10.6. The minimum atomic E-state index is -0.361. The number of nitrogens with zero attached hydrogens (tertiary/aromatic N) is 2. The van der Waals surface area contributed by atoms with Crippen LogP contribution >= 0.6 is 0 Å². The average Bonchev–Trinajstić information content (AvgIpc) is 3.28. The molecule has 0 bridgehead atoms. The topological polar surface area (TPSA) is 42.3 Å². The molecule has 2 amide bonds. The molecule has 0 radical (unpaired) electrons. The van der Waals surface area contributed by atoms with Gasteiger partial charge in [-0.25, -0.2) is 4.90 Å². The Labute approximate surface area is 234 Å². The van der Waals surface area contributed by atoms with Crippen LogP contribution < -0.4 is 4.90 Å². The molecule has 6 rings (SSSR count). The molecule has 1 aromatic heterocycles. The number of hydrogen-bond donors (Lipinski definition) is 0. The standard InChI is InChI=1S/C36H30N2O2/c1-23-20-25(3)33(26(4)21-23)30-17-11-16-29-28-15-8-9-18-31(28)38(35(29)30)32-19-10-12-24(2)34(32)36(40)37(22-39)27-13-6-5-7-14-27/h5-22H,1-4H3. The number of hydrogen-bond acceptors (Lipinski definition) is 2. The number of benzene rings is 5. The molecule has 0 saturated carbocycles. The Morgan fingerprint density at radius 3 is 2.08 bits per heavy atom. The Bertz CT molecular complexity index is 1910. The van der Waals surface area contributed by atoms with Gasteiger partial charge >= 0.3 is 0 Å². The van der Waals surface area contributed by atoms with E-state index in [0.29, 0.717) is 17.7 Å². The molecule has 0 fully saturated rings. The predicted molar refractivity (Wildman–Crippen MR) is 164 cm³/mol. The van der Waals surface area contributed by atoms with Crippen LogP contribution in [0, 0.1) is 27.7 Å². The molecule has 0 saturated heterocycles. The third-order valence-electron chi connectivity index (χ3n) is 7.71. The third kappa shape index (κ3) is 4.00. The third-order valence-corrected chi connectivity index (χ3v) is 7.71. The fourth-order valence-electron chi connectivity index (χ4n) is 6.13. The highest BCUT2D eigenvalue weighted by atomic mass is 16.2. The van der Waals surface area contributed by atoms with E-state index >= 15 is 0 Å². The second kappa shape index (κ2) is 9.97. The quantitative estimate of drug-likeness (QED) is 0.213. The normalized spacial score (nSPS) is 11.2. The smallest absolute Gasteiger partial charge is 0.267 e. The van der Waals surface area contributed by atoms with Gasteiger partial charge in [0.1, 0.15) is 0 Å². The van der Waals surface area contributed by atoms with Crippen molar-refractivity contribution < 1.29 is 9.59 Å². The Balaban J connectivity index is 1.71. The highest BCUT2D eigenvalue weighted by molar-refractivity contribution is 6.19. The van der Waals surface area contributed by atoms with Crippen molar-refractivity contribution in [2.75, 3.05) is 4.90 Å². The Morgan fingerprint density at radius 2 is 1.35 bits per heavy atom.